The van der Waals surface area contributed by atoms with Crippen LogP contribution in [0.15, 0.2) is 54.7 Å². The van der Waals surface area contributed by atoms with Crippen molar-refractivity contribution in [1.82, 2.24) is 14.3 Å². The zero-order valence-electron chi connectivity index (χ0n) is 27.6. The smallest absolute Gasteiger partial charge is 0.264 e. The molecule has 2 aromatic carbocycles. The number of imidazole rings is 1. The first-order valence-electron chi connectivity index (χ1n) is 16.6. The Balaban J connectivity index is 1.44. The maximum atomic E-state index is 13.5. The van der Waals surface area contributed by atoms with Gasteiger partial charge in [-0.1, -0.05) is 36.7 Å². The summed E-state index contributed by atoms with van der Waals surface area (Å²) in [5, 5.41) is 12.4. The SMILES string of the molecule is Cc1ncc([C@]2(O)/C=C/C[C@H](C)[C@@H](C)S(=O)(=O)NC(=O)c3ccc4c(c3)N(CCCCc3cc(Cl)ccc3CO4)C[C@@H]3CC[C@H]32)n1C. The molecular formula is C36H45ClN4O5S. The number of aromatic nitrogens is 2. The molecule has 3 aromatic rings. The van der Waals surface area contributed by atoms with Gasteiger partial charge in [0.05, 0.1) is 22.8 Å². The number of anilines is 1. The summed E-state index contributed by atoms with van der Waals surface area (Å²) in [5.74, 6) is 0.513. The van der Waals surface area contributed by atoms with Gasteiger partial charge in [-0.05, 0) is 106 Å². The number of amides is 1. The number of fused-ring (bicyclic) bond motifs is 3. The first kappa shape index (κ1) is 33.6. The standard InChI is InChI=1S/C36H45ClN4O5S/c1-23-8-7-16-36(43,34-20-38-25(3)40(34)4)31-14-11-28(31)21-41-17-6-5-9-26-18-30(37)13-10-29(26)22-46-33-15-12-27(19-32(33)41)35(42)39-47(44,45)24(23)2/h7,10,12-13,15-16,18-20,23-24,28,31,43H,5-6,8-9,11,14,17,21-22H2,1-4H3,(H,39,42)/b16-7+/t23-,24+,28-,31+,36-/m0/s1. The molecule has 6 rings (SSSR count). The van der Waals surface area contributed by atoms with Crippen LogP contribution in [-0.2, 0) is 35.7 Å². The van der Waals surface area contributed by atoms with Crippen molar-refractivity contribution < 1.29 is 23.1 Å². The molecule has 0 unspecified atom stereocenters. The van der Waals surface area contributed by atoms with Gasteiger partial charge in [-0.3, -0.25) is 4.79 Å². The lowest BCUT2D eigenvalue weighted by Gasteiger charge is -2.48. The van der Waals surface area contributed by atoms with Gasteiger partial charge in [-0.15, -0.1) is 0 Å². The molecular weight excluding hydrogens is 636 g/mol. The van der Waals surface area contributed by atoms with Crippen molar-refractivity contribution in [2.75, 3.05) is 18.0 Å². The van der Waals surface area contributed by atoms with Crippen molar-refractivity contribution in [2.24, 2.45) is 24.8 Å². The minimum atomic E-state index is -3.99. The highest BCUT2D eigenvalue weighted by atomic mass is 35.5. The summed E-state index contributed by atoms with van der Waals surface area (Å²) < 4.78 is 37.6. The number of allylic oxidation sites excluding steroid dienone is 1. The fraction of sp³-hybridized carbons (Fsp3) is 0.500. The number of nitrogens with zero attached hydrogens (tertiary/aromatic N) is 3. The lowest BCUT2D eigenvalue weighted by molar-refractivity contribution is -0.0546. The number of aliphatic hydroxyl groups is 1. The van der Waals surface area contributed by atoms with E-state index in [9.17, 15) is 18.3 Å². The first-order chi connectivity index (χ1) is 22.4. The predicted molar refractivity (Wildman–Crippen MR) is 184 cm³/mol. The Bertz CT molecular complexity index is 1790. The molecule has 2 bridgehead atoms. The van der Waals surface area contributed by atoms with Gasteiger partial charge in [-0.2, -0.15) is 0 Å². The van der Waals surface area contributed by atoms with E-state index in [0.717, 1.165) is 60.4 Å². The Morgan fingerprint density at radius 2 is 1.91 bits per heavy atom. The molecule has 3 heterocycles. The molecule has 2 N–H and O–H groups in total. The molecule has 1 aromatic heterocycles. The monoisotopic (exact) mass is 680 g/mol. The first-order valence-corrected chi connectivity index (χ1v) is 18.5. The quantitative estimate of drug-likeness (QED) is 0.301. The third-order valence-electron chi connectivity index (χ3n) is 10.7. The van der Waals surface area contributed by atoms with Crippen LogP contribution in [0.5, 0.6) is 5.75 Å². The molecule has 3 aliphatic rings. The Morgan fingerprint density at radius 3 is 2.64 bits per heavy atom. The Labute approximate surface area is 283 Å². The molecule has 0 spiro atoms. The van der Waals surface area contributed by atoms with Crippen LogP contribution in [0.4, 0.5) is 5.69 Å². The van der Waals surface area contributed by atoms with Crippen LogP contribution in [0.3, 0.4) is 0 Å². The summed E-state index contributed by atoms with van der Waals surface area (Å²) in [7, 11) is -2.07. The number of sulfonamides is 1. The number of ether oxygens (including phenoxy) is 1. The van der Waals surface area contributed by atoms with Gasteiger partial charge in [-0.25, -0.2) is 18.1 Å². The molecule has 0 saturated heterocycles. The molecule has 1 fully saturated rings. The molecule has 1 saturated carbocycles. The highest BCUT2D eigenvalue weighted by molar-refractivity contribution is 7.90. The van der Waals surface area contributed by atoms with Crippen molar-refractivity contribution in [1.29, 1.82) is 0 Å². The van der Waals surface area contributed by atoms with E-state index in [-0.39, 0.29) is 23.3 Å². The molecule has 1 aliphatic carbocycles. The molecule has 9 nitrogen and oxygen atoms in total. The van der Waals surface area contributed by atoms with E-state index >= 15 is 0 Å². The average molecular weight is 681 g/mol. The Kier molecular flexibility index (Phi) is 9.48. The van der Waals surface area contributed by atoms with E-state index in [0.29, 0.717) is 36.9 Å². The molecule has 5 atom stereocenters. The van der Waals surface area contributed by atoms with Crippen LogP contribution in [0.2, 0.25) is 5.02 Å². The van der Waals surface area contributed by atoms with Crippen LogP contribution < -0.4 is 14.4 Å². The Hall–Kier alpha value is -3.34. The van der Waals surface area contributed by atoms with Gasteiger partial charge in [0.15, 0.2) is 0 Å². The van der Waals surface area contributed by atoms with Crippen molar-refractivity contribution in [2.45, 2.75) is 76.8 Å². The number of hydrogen-bond donors (Lipinski definition) is 2. The van der Waals surface area contributed by atoms with Crippen molar-refractivity contribution in [3.63, 3.8) is 0 Å². The lowest BCUT2D eigenvalue weighted by atomic mass is 9.63. The summed E-state index contributed by atoms with van der Waals surface area (Å²) >= 11 is 6.35. The zero-order chi connectivity index (χ0) is 33.5. The second-order valence-corrected chi connectivity index (χ2v) is 16.1. The third-order valence-corrected chi connectivity index (χ3v) is 12.9. The normalized spacial score (nSPS) is 28.8. The number of carbonyl (C=O) groups is 1. The largest absolute Gasteiger partial charge is 0.487 e. The van der Waals surface area contributed by atoms with Crippen molar-refractivity contribution in [3.8, 4) is 5.75 Å². The van der Waals surface area contributed by atoms with E-state index < -0.39 is 26.8 Å². The highest BCUT2D eigenvalue weighted by Gasteiger charge is 2.48. The van der Waals surface area contributed by atoms with Gasteiger partial charge in [0.25, 0.3) is 5.91 Å². The van der Waals surface area contributed by atoms with Crippen LogP contribution in [0.1, 0.15) is 79.0 Å². The van der Waals surface area contributed by atoms with E-state index in [1.54, 1.807) is 31.3 Å². The van der Waals surface area contributed by atoms with Crippen LogP contribution in [0, 0.1) is 24.7 Å². The number of aryl methyl sites for hydroxylation is 2. The minimum Gasteiger partial charge on any atom is -0.487 e. The second-order valence-electron chi connectivity index (χ2n) is 13.6. The number of benzene rings is 2. The van der Waals surface area contributed by atoms with Gasteiger partial charge >= 0.3 is 0 Å². The van der Waals surface area contributed by atoms with Crippen molar-refractivity contribution >= 4 is 33.2 Å². The molecule has 11 heteroatoms. The summed E-state index contributed by atoms with van der Waals surface area (Å²) in [6, 6.07) is 11.0. The van der Waals surface area contributed by atoms with Crippen molar-refractivity contribution in [3.05, 3.63) is 88.0 Å². The topological polar surface area (TPSA) is 114 Å². The average Bonchev–Trinajstić information content (AvgIpc) is 3.35. The maximum Gasteiger partial charge on any atom is 0.264 e. The van der Waals surface area contributed by atoms with Crippen LogP contribution in [-0.4, -0.2) is 47.3 Å². The lowest BCUT2D eigenvalue weighted by Crippen LogP contribution is -2.49. The van der Waals surface area contributed by atoms with Crippen LogP contribution >= 0.6 is 11.6 Å². The zero-order valence-corrected chi connectivity index (χ0v) is 29.2. The van der Waals surface area contributed by atoms with E-state index in [1.807, 2.05) is 55.8 Å². The Morgan fingerprint density at radius 1 is 1.11 bits per heavy atom. The number of hydrogen-bond acceptors (Lipinski definition) is 7. The minimum absolute atomic E-state index is 0.0849. The van der Waals surface area contributed by atoms with E-state index in [4.69, 9.17) is 16.3 Å². The van der Waals surface area contributed by atoms with Gasteiger partial charge < -0.3 is 19.3 Å². The second kappa shape index (κ2) is 13.3. The number of rotatable bonds is 1. The van der Waals surface area contributed by atoms with Gasteiger partial charge in [0.1, 0.15) is 23.8 Å². The van der Waals surface area contributed by atoms with Gasteiger partial charge in [0, 0.05) is 36.6 Å². The number of carbonyl (C=O) groups excluding carboxylic acids is 1. The molecule has 2 aliphatic heterocycles. The summed E-state index contributed by atoms with van der Waals surface area (Å²) in [6.45, 7) is 7.06. The molecule has 47 heavy (non-hydrogen) atoms. The van der Waals surface area contributed by atoms with Gasteiger partial charge in [0.2, 0.25) is 10.0 Å². The maximum absolute atomic E-state index is 13.5. The molecule has 1 amide bonds. The van der Waals surface area contributed by atoms with E-state index in [2.05, 4.69) is 14.6 Å². The van der Waals surface area contributed by atoms with Crippen LogP contribution in [0.25, 0.3) is 0 Å². The van der Waals surface area contributed by atoms with E-state index in [1.165, 1.54) is 0 Å². The fourth-order valence-electron chi connectivity index (χ4n) is 7.24. The molecule has 0 radical (unpaired) electrons. The third kappa shape index (κ3) is 6.69. The summed E-state index contributed by atoms with van der Waals surface area (Å²) in [6.07, 6.45) is 10.4. The summed E-state index contributed by atoms with van der Waals surface area (Å²) in [5.41, 5.74) is 2.64. The molecule has 252 valence electrons. The predicted octanol–water partition coefficient (Wildman–Crippen LogP) is 6.06. The number of nitrogens with one attached hydrogen (secondary N) is 1. The number of halogens is 1. The highest BCUT2D eigenvalue weighted by Crippen LogP contribution is 2.49. The summed E-state index contributed by atoms with van der Waals surface area (Å²) in [4.78, 5) is 20.2. The fourth-order valence-corrected chi connectivity index (χ4v) is 8.72.